The van der Waals surface area contributed by atoms with Crippen molar-refractivity contribution >= 4 is 11.6 Å². The highest BCUT2D eigenvalue weighted by Gasteiger charge is 2.10. The Morgan fingerprint density at radius 3 is 2.20 bits per heavy atom. The molecule has 1 heterocycles. The average Bonchev–Trinajstić information content (AvgIpc) is 2.47. The molecule has 5 heteroatoms. The molecule has 0 unspecified atom stereocenters. The zero-order chi connectivity index (χ0) is 14.8. The van der Waals surface area contributed by atoms with E-state index < -0.39 is 0 Å². The summed E-state index contributed by atoms with van der Waals surface area (Å²) in [6, 6.07) is 0. The van der Waals surface area contributed by atoms with Crippen LogP contribution in [-0.4, -0.2) is 47.6 Å². The summed E-state index contributed by atoms with van der Waals surface area (Å²) in [5.41, 5.74) is 1.20. The summed E-state index contributed by atoms with van der Waals surface area (Å²) < 4.78 is 0. The van der Waals surface area contributed by atoms with Crippen LogP contribution < -0.4 is 10.6 Å². The van der Waals surface area contributed by atoms with Crippen molar-refractivity contribution in [3.63, 3.8) is 0 Å². The number of nitrogens with one attached hydrogen (secondary N) is 2. The zero-order valence-electron chi connectivity index (χ0n) is 13.4. The zero-order valence-corrected chi connectivity index (χ0v) is 13.4. The van der Waals surface area contributed by atoms with Gasteiger partial charge in [0.2, 0.25) is 0 Å². The minimum Gasteiger partial charge on any atom is -0.370 e. The first-order valence-corrected chi connectivity index (χ1v) is 7.80. The van der Waals surface area contributed by atoms with Crippen LogP contribution in [0.1, 0.15) is 39.7 Å². The lowest BCUT2D eigenvalue weighted by molar-refractivity contribution is 0.316. The third-order valence-corrected chi connectivity index (χ3v) is 3.40. The van der Waals surface area contributed by atoms with E-state index in [1.54, 1.807) is 6.33 Å². The Balaban J connectivity index is 2.70. The second kappa shape index (κ2) is 9.53. The Morgan fingerprint density at radius 1 is 1.00 bits per heavy atom. The van der Waals surface area contributed by atoms with E-state index in [0.29, 0.717) is 0 Å². The summed E-state index contributed by atoms with van der Waals surface area (Å²) >= 11 is 0. The van der Waals surface area contributed by atoms with Crippen LogP contribution >= 0.6 is 0 Å². The van der Waals surface area contributed by atoms with Gasteiger partial charge in [0.25, 0.3) is 0 Å². The van der Waals surface area contributed by atoms with E-state index in [4.69, 9.17) is 0 Å². The van der Waals surface area contributed by atoms with Crippen LogP contribution in [-0.2, 0) is 6.42 Å². The molecule has 0 aliphatic heterocycles. The van der Waals surface area contributed by atoms with Crippen molar-refractivity contribution in [1.82, 2.24) is 14.9 Å². The molecule has 0 saturated carbocycles. The molecule has 114 valence electrons. The number of rotatable bonds is 10. The molecule has 1 aromatic heterocycles. The quantitative estimate of drug-likeness (QED) is 0.689. The summed E-state index contributed by atoms with van der Waals surface area (Å²) in [5, 5.41) is 6.78. The first kappa shape index (κ1) is 16.7. The monoisotopic (exact) mass is 279 g/mol. The van der Waals surface area contributed by atoms with E-state index in [1.165, 1.54) is 5.56 Å². The second-order valence-corrected chi connectivity index (χ2v) is 4.78. The molecule has 0 aromatic carbocycles. The van der Waals surface area contributed by atoms with Gasteiger partial charge in [0.1, 0.15) is 18.0 Å². The van der Waals surface area contributed by atoms with Crippen molar-refractivity contribution < 1.29 is 0 Å². The van der Waals surface area contributed by atoms with Crippen molar-refractivity contribution in [3.05, 3.63) is 11.9 Å². The van der Waals surface area contributed by atoms with Crippen molar-refractivity contribution in [2.45, 2.75) is 40.5 Å². The van der Waals surface area contributed by atoms with Gasteiger partial charge in [-0.15, -0.1) is 0 Å². The summed E-state index contributed by atoms with van der Waals surface area (Å²) in [5.74, 6) is 1.94. The maximum Gasteiger partial charge on any atom is 0.134 e. The fraction of sp³-hybridized carbons (Fsp3) is 0.733. The molecule has 0 aliphatic carbocycles. The van der Waals surface area contributed by atoms with Gasteiger partial charge < -0.3 is 15.5 Å². The van der Waals surface area contributed by atoms with Crippen LogP contribution in [0.25, 0.3) is 0 Å². The van der Waals surface area contributed by atoms with Crippen LogP contribution in [0.5, 0.6) is 0 Å². The predicted octanol–water partition coefficient (Wildman–Crippen LogP) is 2.61. The summed E-state index contributed by atoms with van der Waals surface area (Å²) in [6.07, 6.45) is 3.73. The molecule has 2 N–H and O–H groups in total. The fourth-order valence-electron chi connectivity index (χ4n) is 2.24. The Bertz CT molecular complexity index is 377. The SMILES string of the molecule is CCCc1c(NCC)ncnc1NCCN(CC)CC. The maximum atomic E-state index is 4.41. The van der Waals surface area contributed by atoms with E-state index in [0.717, 1.165) is 57.2 Å². The standard InChI is InChI=1S/C15H29N5/c1-5-9-13-14(16-6-2)18-12-19-15(13)17-10-11-20(7-3)8-4/h12H,5-11H2,1-4H3,(H2,16,17,18,19). The molecule has 0 radical (unpaired) electrons. The lowest BCUT2D eigenvalue weighted by Gasteiger charge is -2.19. The number of anilines is 2. The molecular formula is C15H29N5. The normalized spacial score (nSPS) is 10.8. The third kappa shape index (κ3) is 4.96. The minimum atomic E-state index is 0.882. The smallest absolute Gasteiger partial charge is 0.134 e. The molecule has 0 fully saturated rings. The highest BCUT2D eigenvalue weighted by molar-refractivity contribution is 5.57. The van der Waals surface area contributed by atoms with Gasteiger partial charge in [-0.2, -0.15) is 0 Å². The topological polar surface area (TPSA) is 53.1 Å². The largest absolute Gasteiger partial charge is 0.370 e. The predicted molar refractivity (Wildman–Crippen MR) is 86.5 cm³/mol. The van der Waals surface area contributed by atoms with Crippen LogP contribution in [0, 0.1) is 0 Å². The third-order valence-electron chi connectivity index (χ3n) is 3.40. The molecule has 1 aromatic rings. The maximum absolute atomic E-state index is 4.41. The lowest BCUT2D eigenvalue weighted by Crippen LogP contribution is -2.29. The summed E-state index contributed by atoms with van der Waals surface area (Å²) in [4.78, 5) is 11.2. The molecular weight excluding hydrogens is 250 g/mol. The van der Waals surface area contributed by atoms with E-state index in [-0.39, 0.29) is 0 Å². The van der Waals surface area contributed by atoms with Gasteiger partial charge in [0.15, 0.2) is 0 Å². The molecule has 1 rings (SSSR count). The summed E-state index contributed by atoms with van der Waals surface area (Å²) in [6.45, 7) is 13.7. The molecule has 5 nitrogen and oxygen atoms in total. The van der Waals surface area contributed by atoms with Gasteiger partial charge >= 0.3 is 0 Å². The second-order valence-electron chi connectivity index (χ2n) is 4.78. The lowest BCUT2D eigenvalue weighted by atomic mass is 10.1. The van der Waals surface area contributed by atoms with Gasteiger partial charge in [0, 0.05) is 25.2 Å². The van der Waals surface area contributed by atoms with Crippen LogP contribution in [0.3, 0.4) is 0 Å². The summed E-state index contributed by atoms with van der Waals surface area (Å²) in [7, 11) is 0. The fourth-order valence-corrected chi connectivity index (χ4v) is 2.24. The van der Waals surface area contributed by atoms with Crippen molar-refractivity contribution in [1.29, 1.82) is 0 Å². The minimum absolute atomic E-state index is 0.882. The molecule has 0 spiro atoms. The van der Waals surface area contributed by atoms with Gasteiger partial charge in [-0.3, -0.25) is 0 Å². The first-order chi connectivity index (χ1) is 9.76. The van der Waals surface area contributed by atoms with Crippen LogP contribution in [0.2, 0.25) is 0 Å². The number of nitrogens with zero attached hydrogens (tertiary/aromatic N) is 3. The van der Waals surface area contributed by atoms with Crippen molar-refractivity contribution in [2.75, 3.05) is 43.4 Å². The number of aromatic nitrogens is 2. The van der Waals surface area contributed by atoms with E-state index in [9.17, 15) is 0 Å². The molecule has 20 heavy (non-hydrogen) atoms. The molecule has 0 saturated heterocycles. The highest BCUT2D eigenvalue weighted by atomic mass is 15.1. The van der Waals surface area contributed by atoms with Gasteiger partial charge in [-0.1, -0.05) is 27.2 Å². The molecule has 0 amide bonds. The van der Waals surface area contributed by atoms with Crippen molar-refractivity contribution in [3.8, 4) is 0 Å². The van der Waals surface area contributed by atoms with Crippen molar-refractivity contribution in [2.24, 2.45) is 0 Å². The van der Waals surface area contributed by atoms with Gasteiger partial charge in [-0.05, 0) is 26.4 Å². The Hall–Kier alpha value is -1.36. The van der Waals surface area contributed by atoms with Gasteiger partial charge in [0.05, 0.1) is 0 Å². The van der Waals surface area contributed by atoms with Gasteiger partial charge in [-0.25, -0.2) is 9.97 Å². The number of hydrogen-bond acceptors (Lipinski definition) is 5. The Labute approximate surface area is 123 Å². The highest BCUT2D eigenvalue weighted by Crippen LogP contribution is 2.21. The molecule has 0 atom stereocenters. The average molecular weight is 279 g/mol. The van der Waals surface area contributed by atoms with E-state index in [1.807, 2.05) is 0 Å². The van der Waals surface area contributed by atoms with E-state index in [2.05, 4.69) is 53.2 Å². The first-order valence-electron chi connectivity index (χ1n) is 7.80. The molecule has 0 aliphatic rings. The van der Waals surface area contributed by atoms with Crippen LogP contribution in [0.15, 0.2) is 6.33 Å². The van der Waals surface area contributed by atoms with Crippen LogP contribution in [0.4, 0.5) is 11.6 Å². The number of hydrogen-bond donors (Lipinski definition) is 2. The Morgan fingerprint density at radius 2 is 1.65 bits per heavy atom. The number of likely N-dealkylation sites (N-methyl/N-ethyl adjacent to an activating group) is 1. The molecule has 0 bridgehead atoms. The Kier molecular flexibility index (Phi) is 7.95. The van der Waals surface area contributed by atoms with E-state index >= 15 is 0 Å².